The van der Waals surface area contributed by atoms with Crippen LogP contribution in [-0.2, 0) is 16.0 Å². The first-order chi connectivity index (χ1) is 9.53. The maximum absolute atomic E-state index is 11.8. The third-order valence-electron chi connectivity index (χ3n) is 4.06. The number of nitrogen functional groups attached to an aromatic ring is 1. The largest absolute Gasteiger partial charge is 0.481 e. The van der Waals surface area contributed by atoms with E-state index in [1.165, 1.54) is 0 Å². The number of amides is 1. The summed E-state index contributed by atoms with van der Waals surface area (Å²) in [7, 11) is 0. The molecule has 0 saturated heterocycles. The molecule has 1 aromatic rings. The van der Waals surface area contributed by atoms with Crippen molar-refractivity contribution in [2.45, 2.75) is 32.1 Å². The maximum atomic E-state index is 11.8. The standard InChI is InChI=1S/C15H20N2O3/c16-12-5-2-1-4-11(12)6-7-13(18)17-10-15(14(19)20)8-3-9-15/h1-2,4-5H,3,6-10,16H2,(H,17,18)(H,19,20). The summed E-state index contributed by atoms with van der Waals surface area (Å²) >= 11 is 0. The summed E-state index contributed by atoms with van der Waals surface area (Å²) in [6, 6.07) is 7.44. The fraction of sp³-hybridized carbons (Fsp3) is 0.467. The summed E-state index contributed by atoms with van der Waals surface area (Å²) in [5.41, 5.74) is 6.70. The second kappa shape index (κ2) is 5.94. The number of carboxylic acid groups (broad SMARTS) is 1. The van der Waals surface area contributed by atoms with Crippen molar-refractivity contribution in [3.63, 3.8) is 0 Å². The van der Waals surface area contributed by atoms with Gasteiger partial charge in [-0.15, -0.1) is 0 Å². The van der Waals surface area contributed by atoms with Gasteiger partial charge in [0.25, 0.3) is 0 Å². The number of carbonyl (C=O) groups is 2. The summed E-state index contributed by atoms with van der Waals surface area (Å²) in [6.45, 7) is 0.228. The Labute approximate surface area is 118 Å². The van der Waals surface area contributed by atoms with Crippen molar-refractivity contribution in [3.8, 4) is 0 Å². The minimum atomic E-state index is -0.809. The van der Waals surface area contributed by atoms with Crippen molar-refractivity contribution in [3.05, 3.63) is 29.8 Å². The third kappa shape index (κ3) is 3.10. The second-order valence-electron chi connectivity index (χ2n) is 5.41. The topological polar surface area (TPSA) is 92.4 Å². The van der Waals surface area contributed by atoms with Crippen LogP contribution in [0.3, 0.4) is 0 Å². The Hall–Kier alpha value is -2.04. The maximum Gasteiger partial charge on any atom is 0.311 e. The number of hydrogen-bond acceptors (Lipinski definition) is 3. The van der Waals surface area contributed by atoms with Crippen molar-refractivity contribution >= 4 is 17.6 Å². The summed E-state index contributed by atoms with van der Waals surface area (Å²) in [5.74, 6) is -0.933. The molecule has 0 spiro atoms. The first-order valence-electron chi connectivity index (χ1n) is 6.87. The molecule has 5 nitrogen and oxygen atoms in total. The Balaban J connectivity index is 1.79. The Morgan fingerprint density at radius 2 is 2.00 bits per heavy atom. The lowest BCUT2D eigenvalue weighted by molar-refractivity contribution is -0.154. The Morgan fingerprint density at radius 3 is 2.55 bits per heavy atom. The molecular weight excluding hydrogens is 256 g/mol. The zero-order chi connectivity index (χ0) is 14.6. The zero-order valence-electron chi connectivity index (χ0n) is 11.4. The predicted octanol–water partition coefficient (Wildman–Crippen LogP) is 1.57. The summed E-state index contributed by atoms with van der Waals surface area (Å²) in [5, 5.41) is 11.9. The molecule has 0 radical (unpaired) electrons. The van der Waals surface area contributed by atoms with Gasteiger partial charge >= 0.3 is 5.97 Å². The van der Waals surface area contributed by atoms with Gasteiger partial charge in [-0.1, -0.05) is 24.6 Å². The number of anilines is 1. The minimum Gasteiger partial charge on any atom is -0.481 e. The molecule has 1 amide bonds. The Bertz CT molecular complexity index is 510. The van der Waals surface area contributed by atoms with E-state index in [9.17, 15) is 14.7 Å². The molecule has 108 valence electrons. The average molecular weight is 276 g/mol. The number of hydrogen-bond donors (Lipinski definition) is 3. The van der Waals surface area contributed by atoms with Gasteiger partial charge in [0.05, 0.1) is 5.41 Å². The predicted molar refractivity (Wildman–Crippen MR) is 76.1 cm³/mol. The fourth-order valence-corrected chi connectivity index (χ4v) is 2.44. The second-order valence-corrected chi connectivity index (χ2v) is 5.41. The van der Waals surface area contributed by atoms with Gasteiger partial charge in [0.1, 0.15) is 0 Å². The molecule has 5 heteroatoms. The lowest BCUT2D eigenvalue weighted by Crippen LogP contribution is -2.47. The number of benzene rings is 1. The van der Waals surface area contributed by atoms with Gasteiger partial charge in [0, 0.05) is 18.7 Å². The Morgan fingerprint density at radius 1 is 1.30 bits per heavy atom. The number of nitrogens with two attached hydrogens (primary N) is 1. The minimum absolute atomic E-state index is 0.124. The average Bonchev–Trinajstić information content (AvgIpc) is 2.36. The number of aliphatic carboxylic acids is 1. The van der Waals surface area contributed by atoms with Crippen LogP contribution in [-0.4, -0.2) is 23.5 Å². The number of para-hydroxylation sites is 1. The van der Waals surface area contributed by atoms with E-state index in [0.717, 1.165) is 12.0 Å². The van der Waals surface area contributed by atoms with E-state index in [4.69, 9.17) is 5.73 Å². The number of nitrogens with one attached hydrogen (secondary N) is 1. The molecule has 1 aliphatic rings. The van der Waals surface area contributed by atoms with Crippen LogP contribution < -0.4 is 11.1 Å². The van der Waals surface area contributed by atoms with E-state index >= 15 is 0 Å². The highest BCUT2D eigenvalue weighted by atomic mass is 16.4. The van der Waals surface area contributed by atoms with Crippen LogP contribution >= 0.6 is 0 Å². The van der Waals surface area contributed by atoms with Crippen molar-refractivity contribution in [2.24, 2.45) is 5.41 Å². The van der Waals surface area contributed by atoms with E-state index in [-0.39, 0.29) is 12.5 Å². The van der Waals surface area contributed by atoms with Crippen molar-refractivity contribution in [2.75, 3.05) is 12.3 Å². The monoisotopic (exact) mass is 276 g/mol. The van der Waals surface area contributed by atoms with E-state index in [1.807, 2.05) is 18.2 Å². The molecule has 1 aliphatic carbocycles. The number of aryl methyl sites for hydroxylation is 1. The smallest absolute Gasteiger partial charge is 0.311 e. The van der Waals surface area contributed by atoms with E-state index in [2.05, 4.69) is 5.32 Å². The van der Waals surface area contributed by atoms with Crippen LogP contribution in [0.2, 0.25) is 0 Å². The SMILES string of the molecule is Nc1ccccc1CCC(=O)NCC1(C(=O)O)CCC1. The first-order valence-corrected chi connectivity index (χ1v) is 6.87. The van der Waals surface area contributed by atoms with Crippen LogP contribution in [0.1, 0.15) is 31.2 Å². The molecule has 0 aliphatic heterocycles. The normalized spacial score (nSPS) is 16.2. The molecule has 0 unspecified atom stereocenters. The molecule has 1 aromatic carbocycles. The first kappa shape index (κ1) is 14.4. The van der Waals surface area contributed by atoms with Gasteiger partial charge in [-0.2, -0.15) is 0 Å². The molecule has 1 fully saturated rings. The van der Waals surface area contributed by atoms with Gasteiger partial charge in [-0.25, -0.2) is 0 Å². The molecule has 0 bridgehead atoms. The molecule has 4 N–H and O–H groups in total. The van der Waals surface area contributed by atoms with Gasteiger partial charge in [0.2, 0.25) is 5.91 Å². The van der Waals surface area contributed by atoms with Gasteiger partial charge in [0.15, 0.2) is 0 Å². The number of rotatable bonds is 6. The van der Waals surface area contributed by atoms with Crippen molar-refractivity contribution < 1.29 is 14.7 Å². The van der Waals surface area contributed by atoms with Crippen LogP contribution in [0.4, 0.5) is 5.69 Å². The molecule has 20 heavy (non-hydrogen) atoms. The molecular formula is C15H20N2O3. The van der Waals surface area contributed by atoms with Crippen LogP contribution in [0, 0.1) is 5.41 Å². The molecule has 0 aromatic heterocycles. The molecule has 0 atom stereocenters. The van der Waals surface area contributed by atoms with E-state index in [0.29, 0.717) is 31.4 Å². The fourth-order valence-electron chi connectivity index (χ4n) is 2.44. The van der Waals surface area contributed by atoms with Gasteiger partial charge in [-0.3, -0.25) is 9.59 Å². The zero-order valence-corrected chi connectivity index (χ0v) is 11.4. The lowest BCUT2D eigenvalue weighted by Gasteiger charge is -2.37. The van der Waals surface area contributed by atoms with Gasteiger partial charge < -0.3 is 16.2 Å². The van der Waals surface area contributed by atoms with E-state index in [1.54, 1.807) is 6.07 Å². The van der Waals surface area contributed by atoms with Crippen LogP contribution in [0.25, 0.3) is 0 Å². The summed E-state index contributed by atoms with van der Waals surface area (Å²) in [6.07, 6.45) is 3.10. The number of carboxylic acids is 1. The Kier molecular flexibility index (Phi) is 4.27. The third-order valence-corrected chi connectivity index (χ3v) is 4.06. The molecule has 0 heterocycles. The van der Waals surface area contributed by atoms with Crippen molar-refractivity contribution in [1.82, 2.24) is 5.32 Å². The highest BCUT2D eigenvalue weighted by Gasteiger charge is 2.44. The van der Waals surface area contributed by atoms with Crippen LogP contribution in [0.15, 0.2) is 24.3 Å². The lowest BCUT2D eigenvalue weighted by atomic mass is 9.69. The highest BCUT2D eigenvalue weighted by molar-refractivity contribution is 5.79. The number of carbonyl (C=O) groups excluding carboxylic acids is 1. The van der Waals surface area contributed by atoms with Crippen molar-refractivity contribution in [1.29, 1.82) is 0 Å². The summed E-state index contributed by atoms with van der Waals surface area (Å²) in [4.78, 5) is 23.0. The quantitative estimate of drug-likeness (QED) is 0.688. The molecule has 2 rings (SSSR count). The van der Waals surface area contributed by atoms with Gasteiger partial charge in [-0.05, 0) is 30.9 Å². The van der Waals surface area contributed by atoms with E-state index < -0.39 is 11.4 Å². The van der Waals surface area contributed by atoms with Crippen LogP contribution in [0.5, 0.6) is 0 Å². The molecule has 1 saturated carbocycles. The summed E-state index contributed by atoms with van der Waals surface area (Å²) < 4.78 is 0. The highest BCUT2D eigenvalue weighted by Crippen LogP contribution is 2.40.